The number of hydrogen-bond donors (Lipinski definition) is 1. The summed E-state index contributed by atoms with van der Waals surface area (Å²) in [6.45, 7) is 15.3. The molecule has 2 heterocycles. The quantitative estimate of drug-likeness (QED) is 0.392. The summed E-state index contributed by atoms with van der Waals surface area (Å²) in [5.41, 5.74) is -0.339. The minimum Gasteiger partial charge on any atom is -0.470 e. The van der Waals surface area contributed by atoms with Crippen molar-refractivity contribution in [2.75, 3.05) is 51.0 Å². The van der Waals surface area contributed by atoms with Gasteiger partial charge in [0, 0.05) is 37.3 Å². The molecule has 186 valence electrons. The lowest BCUT2D eigenvalue weighted by atomic mass is 9.99. The molecule has 1 aromatic heterocycles. The van der Waals surface area contributed by atoms with Crippen LogP contribution in [0.2, 0.25) is 0 Å². The van der Waals surface area contributed by atoms with Crippen LogP contribution in [0, 0.1) is 5.41 Å². The van der Waals surface area contributed by atoms with Gasteiger partial charge in [-0.25, -0.2) is 9.59 Å². The van der Waals surface area contributed by atoms with Crippen LogP contribution < -0.4 is 15.0 Å². The van der Waals surface area contributed by atoms with Crippen molar-refractivity contribution in [3.8, 4) is 5.88 Å². The van der Waals surface area contributed by atoms with Crippen molar-refractivity contribution in [2.45, 2.75) is 53.2 Å². The molecule has 0 unspecified atom stereocenters. The van der Waals surface area contributed by atoms with Gasteiger partial charge in [0.15, 0.2) is 0 Å². The highest BCUT2D eigenvalue weighted by Gasteiger charge is 2.23. The van der Waals surface area contributed by atoms with Crippen LogP contribution in [0.5, 0.6) is 5.88 Å². The number of aromatic nitrogens is 2. The van der Waals surface area contributed by atoms with Gasteiger partial charge in [0.1, 0.15) is 12.7 Å². The van der Waals surface area contributed by atoms with Crippen molar-refractivity contribution in [1.29, 1.82) is 0 Å². The van der Waals surface area contributed by atoms with Gasteiger partial charge in [0.25, 0.3) is 5.88 Å². The van der Waals surface area contributed by atoms with Crippen molar-refractivity contribution in [1.82, 2.24) is 14.1 Å². The van der Waals surface area contributed by atoms with Gasteiger partial charge in [0.2, 0.25) is 5.82 Å². The van der Waals surface area contributed by atoms with Crippen LogP contribution in [0.3, 0.4) is 0 Å². The maximum atomic E-state index is 12.3. The smallest absolute Gasteiger partial charge is 0.331 e. The lowest BCUT2D eigenvalue weighted by molar-refractivity contribution is -0.145. The molecule has 0 amide bonds. The van der Waals surface area contributed by atoms with E-state index in [1.165, 1.54) is 0 Å². The third-order valence-electron chi connectivity index (χ3n) is 4.30. The summed E-state index contributed by atoms with van der Waals surface area (Å²) in [5.74, 6) is -0.179. The summed E-state index contributed by atoms with van der Waals surface area (Å²) >= 11 is 1.07. The van der Waals surface area contributed by atoms with Crippen LogP contribution in [0.15, 0.2) is 12.2 Å². The second kappa shape index (κ2) is 12.3. The number of morpholine rings is 1. The molecule has 0 aromatic carbocycles. The fourth-order valence-electron chi connectivity index (χ4n) is 2.64. The lowest BCUT2D eigenvalue weighted by Gasteiger charge is -2.27. The predicted molar refractivity (Wildman–Crippen MR) is 126 cm³/mol. The van der Waals surface area contributed by atoms with Crippen molar-refractivity contribution < 1.29 is 28.5 Å². The Morgan fingerprint density at radius 1 is 1.12 bits per heavy atom. The van der Waals surface area contributed by atoms with E-state index in [0.717, 1.165) is 23.9 Å². The summed E-state index contributed by atoms with van der Waals surface area (Å²) in [5, 5.41) is 3.30. The Bertz CT molecular complexity index is 794. The maximum Gasteiger partial charge on any atom is 0.331 e. The Morgan fingerprint density at radius 3 is 2.42 bits per heavy atom. The molecule has 33 heavy (non-hydrogen) atoms. The van der Waals surface area contributed by atoms with Gasteiger partial charge in [-0.2, -0.15) is 4.37 Å². The monoisotopic (exact) mass is 484 g/mol. The van der Waals surface area contributed by atoms with Gasteiger partial charge < -0.3 is 29.2 Å². The Labute approximate surface area is 199 Å². The molecule has 1 atom stereocenters. The third-order valence-corrected chi connectivity index (χ3v) is 4.81. The number of hydrogen-bond acceptors (Lipinski definition) is 11. The highest BCUT2D eigenvalue weighted by atomic mass is 32.1. The highest BCUT2D eigenvalue weighted by molar-refractivity contribution is 6.99. The molecule has 0 saturated carbocycles. The average molecular weight is 485 g/mol. The van der Waals surface area contributed by atoms with Crippen LogP contribution in [-0.2, 0) is 23.8 Å². The average Bonchev–Trinajstić information content (AvgIpc) is 3.21. The summed E-state index contributed by atoms with van der Waals surface area (Å²) in [7, 11) is 0. The summed E-state index contributed by atoms with van der Waals surface area (Å²) < 4.78 is 30.5. The molecule has 2 rings (SSSR count). The van der Waals surface area contributed by atoms with Crippen molar-refractivity contribution >= 4 is 29.5 Å². The number of ether oxygens (including phenoxy) is 4. The first-order valence-electron chi connectivity index (χ1n) is 11.0. The van der Waals surface area contributed by atoms with Gasteiger partial charge in [-0.1, -0.05) is 20.8 Å². The minimum atomic E-state index is -0.656. The van der Waals surface area contributed by atoms with E-state index in [1.54, 1.807) is 0 Å². The van der Waals surface area contributed by atoms with Crippen LogP contribution in [-0.4, -0.2) is 78.4 Å². The molecule has 10 nitrogen and oxygen atoms in total. The number of anilines is 1. The SMILES string of the molecule is CC(C)(C)COC(=O)/C=C\C(=O)O[C@@H](CNC(C)(C)C)COc1nsnc1N1CCOCC1. The van der Waals surface area contributed by atoms with E-state index in [0.29, 0.717) is 44.5 Å². The van der Waals surface area contributed by atoms with E-state index < -0.39 is 18.0 Å². The maximum absolute atomic E-state index is 12.3. The first-order chi connectivity index (χ1) is 15.4. The van der Waals surface area contributed by atoms with E-state index in [1.807, 2.05) is 41.5 Å². The second-order valence-electron chi connectivity index (χ2n) is 9.99. The zero-order valence-corrected chi connectivity index (χ0v) is 21.2. The predicted octanol–water partition coefficient (Wildman–Crippen LogP) is 2.20. The third kappa shape index (κ3) is 11.0. The van der Waals surface area contributed by atoms with E-state index in [2.05, 4.69) is 19.0 Å². The molecule has 0 bridgehead atoms. The Hall–Kier alpha value is -2.24. The Kier molecular flexibility index (Phi) is 10.1. The molecular formula is C22H36N4O6S. The van der Waals surface area contributed by atoms with E-state index >= 15 is 0 Å². The molecule has 1 aromatic rings. The number of rotatable bonds is 10. The van der Waals surface area contributed by atoms with Gasteiger partial charge in [0.05, 0.1) is 31.5 Å². The van der Waals surface area contributed by atoms with Gasteiger partial charge >= 0.3 is 11.9 Å². The minimum absolute atomic E-state index is 0.0832. The van der Waals surface area contributed by atoms with Gasteiger partial charge in [-0.15, -0.1) is 4.37 Å². The summed E-state index contributed by atoms with van der Waals surface area (Å²) in [4.78, 5) is 26.2. The van der Waals surface area contributed by atoms with Gasteiger partial charge in [-0.05, 0) is 26.2 Å². The second-order valence-corrected chi connectivity index (χ2v) is 10.5. The molecule has 0 aliphatic carbocycles. The largest absolute Gasteiger partial charge is 0.470 e. The Morgan fingerprint density at radius 2 is 1.79 bits per heavy atom. The van der Waals surface area contributed by atoms with Crippen LogP contribution in [0.4, 0.5) is 5.82 Å². The number of nitrogens with one attached hydrogen (secondary N) is 1. The standard InChI is InChI=1S/C22H36N4O6S/c1-21(2,3)15-31-17(27)7-8-18(28)32-16(13-23-22(4,5)6)14-30-20-19(24-33-25-20)26-9-11-29-12-10-26/h7-8,16,23H,9-15H2,1-6H3/b8-7-/t16-/m0/s1. The topological polar surface area (TPSA) is 112 Å². The van der Waals surface area contributed by atoms with Crippen LogP contribution >= 0.6 is 11.7 Å². The Balaban J connectivity index is 1.94. The molecule has 1 aliphatic rings. The molecular weight excluding hydrogens is 448 g/mol. The molecule has 11 heteroatoms. The summed E-state index contributed by atoms with van der Waals surface area (Å²) in [6.07, 6.45) is 1.54. The zero-order valence-electron chi connectivity index (χ0n) is 20.4. The molecule has 0 spiro atoms. The fraction of sp³-hybridized carbons (Fsp3) is 0.727. The van der Waals surface area contributed by atoms with Crippen molar-refractivity contribution in [3.05, 3.63) is 12.2 Å². The first-order valence-corrected chi connectivity index (χ1v) is 11.7. The van der Waals surface area contributed by atoms with Gasteiger partial charge in [-0.3, -0.25) is 0 Å². The first kappa shape index (κ1) is 27.0. The lowest BCUT2D eigenvalue weighted by Crippen LogP contribution is -2.44. The molecule has 1 N–H and O–H groups in total. The number of carbonyl (C=O) groups is 2. The molecule has 1 fully saturated rings. The molecule has 1 aliphatic heterocycles. The molecule has 0 radical (unpaired) electrons. The van der Waals surface area contributed by atoms with E-state index in [9.17, 15) is 9.59 Å². The van der Waals surface area contributed by atoms with E-state index in [4.69, 9.17) is 18.9 Å². The van der Waals surface area contributed by atoms with E-state index in [-0.39, 0.29) is 24.2 Å². The fourth-order valence-corrected chi connectivity index (χ4v) is 3.16. The van der Waals surface area contributed by atoms with Crippen LogP contribution in [0.1, 0.15) is 41.5 Å². The zero-order chi connectivity index (χ0) is 24.5. The van der Waals surface area contributed by atoms with Crippen LogP contribution in [0.25, 0.3) is 0 Å². The number of carbonyl (C=O) groups excluding carboxylic acids is 2. The number of nitrogens with zero attached hydrogens (tertiary/aromatic N) is 3. The van der Waals surface area contributed by atoms with Crippen molar-refractivity contribution in [3.63, 3.8) is 0 Å². The number of esters is 2. The molecule has 1 saturated heterocycles. The normalized spacial score (nSPS) is 16.0. The highest BCUT2D eigenvalue weighted by Crippen LogP contribution is 2.26. The van der Waals surface area contributed by atoms with Crippen molar-refractivity contribution in [2.24, 2.45) is 5.41 Å². The summed E-state index contributed by atoms with van der Waals surface area (Å²) in [6, 6.07) is 0.